The summed E-state index contributed by atoms with van der Waals surface area (Å²) >= 11 is 0. The van der Waals surface area contributed by atoms with Gasteiger partial charge in [-0.1, -0.05) is 6.92 Å². The monoisotopic (exact) mass is 132 g/mol. The molecule has 0 aromatic heterocycles. The molecule has 0 aliphatic carbocycles. The number of aliphatic hydroxyl groups is 1. The van der Waals surface area contributed by atoms with Gasteiger partial charge in [0.15, 0.2) is 0 Å². The predicted molar refractivity (Wildman–Crippen MR) is 33.1 cm³/mol. The summed E-state index contributed by atoms with van der Waals surface area (Å²) in [7, 11) is 0. The van der Waals surface area contributed by atoms with Crippen molar-refractivity contribution in [1.82, 2.24) is 0 Å². The average Bonchev–Trinajstić information content (AvgIpc) is 1.63. The molecule has 2 N–H and O–H groups in total. The standard InChI is InChI=1S/C6H12O3/c1-5(2-3-7)4-6(8)9/h5,7H,2-4H2,1H3,(H,8,9)/t5-/m0/s1. The summed E-state index contributed by atoms with van der Waals surface area (Å²) in [6.45, 7) is 1.89. The first-order valence-corrected chi connectivity index (χ1v) is 2.99. The summed E-state index contributed by atoms with van der Waals surface area (Å²) < 4.78 is 0. The fourth-order valence-corrected chi connectivity index (χ4v) is 0.621. The van der Waals surface area contributed by atoms with Gasteiger partial charge in [0, 0.05) is 13.0 Å². The lowest BCUT2D eigenvalue weighted by Crippen LogP contribution is -2.05. The number of carboxylic acids is 1. The molecule has 3 nitrogen and oxygen atoms in total. The van der Waals surface area contributed by atoms with E-state index in [2.05, 4.69) is 0 Å². The summed E-state index contributed by atoms with van der Waals surface area (Å²) in [4.78, 5) is 10.0. The normalized spacial score (nSPS) is 13.1. The molecule has 0 unspecified atom stereocenters. The molecule has 1 atom stereocenters. The second-order valence-electron chi connectivity index (χ2n) is 2.22. The van der Waals surface area contributed by atoms with Crippen LogP contribution in [0.15, 0.2) is 0 Å². The van der Waals surface area contributed by atoms with Crippen LogP contribution in [0.25, 0.3) is 0 Å². The predicted octanol–water partition coefficient (Wildman–Crippen LogP) is 0.480. The minimum Gasteiger partial charge on any atom is -0.481 e. The lowest BCUT2D eigenvalue weighted by Gasteiger charge is -2.03. The van der Waals surface area contributed by atoms with Gasteiger partial charge < -0.3 is 10.2 Å². The van der Waals surface area contributed by atoms with Crippen LogP contribution in [-0.2, 0) is 4.79 Å². The van der Waals surface area contributed by atoms with Crippen LogP contribution in [0.4, 0.5) is 0 Å². The Morgan fingerprint density at radius 1 is 1.67 bits per heavy atom. The van der Waals surface area contributed by atoms with Crippen molar-refractivity contribution < 1.29 is 15.0 Å². The number of carboxylic acid groups (broad SMARTS) is 1. The molecule has 0 aliphatic heterocycles. The van der Waals surface area contributed by atoms with Crippen LogP contribution in [0.5, 0.6) is 0 Å². The van der Waals surface area contributed by atoms with Crippen LogP contribution in [0.1, 0.15) is 19.8 Å². The zero-order valence-electron chi connectivity index (χ0n) is 5.50. The maximum absolute atomic E-state index is 10.0. The van der Waals surface area contributed by atoms with Crippen LogP contribution in [0.2, 0.25) is 0 Å². The molecule has 0 amide bonds. The minimum atomic E-state index is -0.795. The molecule has 0 fully saturated rings. The van der Waals surface area contributed by atoms with Crippen molar-refractivity contribution in [1.29, 1.82) is 0 Å². The van der Waals surface area contributed by atoms with E-state index in [0.29, 0.717) is 6.42 Å². The molecule has 0 rings (SSSR count). The lowest BCUT2D eigenvalue weighted by molar-refractivity contribution is -0.138. The third kappa shape index (κ3) is 5.30. The van der Waals surface area contributed by atoms with Crippen molar-refractivity contribution in [2.24, 2.45) is 5.92 Å². The highest BCUT2D eigenvalue weighted by Gasteiger charge is 2.05. The number of carbonyl (C=O) groups is 1. The molecule has 9 heavy (non-hydrogen) atoms. The number of aliphatic carboxylic acids is 1. The van der Waals surface area contributed by atoms with Crippen LogP contribution in [0.3, 0.4) is 0 Å². The molecular formula is C6H12O3. The highest BCUT2D eigenvalue weighted by molar-refractivity contribution is 5.66. The highest BCUT2D eigenvalue weighted by atomic mass is 16.4. The fourth-order valence-electron chi connectivity index (χ4n) is 0.621. The van der Waals surface area contributed by atoms with Gasteiger partial charge in [-0.2, -0.15) is 0 Å². The summed E-state index contributed by atoms with van der Waals surface area (Å²) in [6.07, 6.45) is 0.729. The Bertz CT molecular complexity index is 90.3. The lowest BCUT2D eigenvalue weighted by atomic mass is 10.1. The highest BCUT2D eigenvalue weighted by Crippen LogP contribution is 2.05. The van der Waals surface area contributed by atoms with Crippen molar-refractivity contribution in [3.8, 4) is 0 Å². The number of rotatable bonds is 4. The molecule has 0 spiro atoms. The summed E-state index contributed by atoms with van der Waals surface area (Å²) in [5.41, 5.74) is 0. The number of hydrogen-bond donors (Lipinski definition) is 2. The van der Waals surface area contributed by atoms with E-state index < -0.39 is 5.97 Å². The van der Waals surface area contributed by atoms with Crippen LogP contribution >= 0.6 is 0 Å². The van der Waals surface area contributed by atoms with E-state index in [1.165, 1.54) is 0 Å². The quantitative estimate of drug-likeness (QED) is 0.585. The second-order valence-corrected chi connectivity index (χ2v) is 2.22. The van der Waals surface area contributed by atoms with Gasteiger partial charge in [-0.25, -0.2) is 0 Å². The van der Waals surface area contributed by atoms with E-state index in [1.54, 1.807) is 0 Å². The van der Waals surface area contributed by atoms with Gasteiger partial charge in [-0.3, -0.25) is 4.79 Å². The molecule has 0 radical (unpaired) electrons. The topological polar surface area (TPSA) is 57.5 Å². The molecule has 54 valence electrons. The van der Waals surface area contributed by atoms with Crippen molar-refractivity contribution in [2.75, 3.05) is 6.61 Å². The van der Waals surface area contributed by atoms with Crippen molar-refractivity contribution in [3.63, 3.8) is 0 Å². The second kappa shape index (κ2) is 4.32. The zero-order chi connectivity index (χ0) is 7.28. The van der Waals surface area contributed by atoms with Crippen molar-refractivity contribution in [2.45, 2.75) is 19.8 Å². The molecule has 0 saturated heterocycles. The Kier molecular flexibility index (Phi) is 4.05. The zero-order valence-corrected chi connectivity index (χ0v) is 5.50. The first kappa shape index (κ1) is 8.43. The first-order chi connectivity index (χ1) is 4.16. The maximum atomic E-state index is 10.0. The SMILES string of the molecule is C[C@@H](CCO)CC(=O)O. The van der Waals surface area contributed by atoms with E-state index in [-0.39, 0.29) is 18.9 Å². The largest absolute Gasteiger partial charge is 0.481 e. The van der Waals surface area contributed by atoms with Gasteiger partial charge in [0.1, 0.15) is 0 Å². The summed E-state index contributed by atoms with van der Waals surface area (Å²) in [5, 5.41) is 16.6. The van der Waals surface area contributed by atoms with Gasteiger partial charge in [-0.05, 0) is 12.3 Å². The Morgan fingerprint density at radius 2 is 2.22 bits per heavy atom. The van der Waals surface area contributed by atoms with Crippen LogP contribution in [-0.4, -0.2) is 22.8 Å². The van der Waals surface area contributed by atoms with Gasteiger partial charge in [0.05, 0.1) is 0 Å². The smallest absolute Gasteiger partial charge is 0.303 e. The van der Waals surface area contributed by atoms with Gasteiger partial charge in [0.2, 0.25) is 0 Å². The molecule has 0 aromatic carbocycles. The summed E-state index contributed by atoms with van der Waals surface area (Å²) in [6, 6.07) is 0. The van der Waals surface area contributed by atoms with E-state index in [9.17, 15) is 4.79 Å². The van der Waals surface area contributed by atoms with Gasteiger partial charge >= 0.3 is 5.97 Å². The third-order valence-electron chi connectivity index (χ3n) is 1.14. The van der Waals surface area contributed by atoms with E-state index >= 15 is 0 Å². The van der Waals surface area contributed by atoms with E-state index in [1.807, 2.05) is 6.92 Å². The maximum Gasteiger partial charge on any atom is 0.303 e. The average molecular weight is 132 g/mol. The minimum absolute atomic E-state index is 0.0778. The molecule has 0 heterocycles. The van der Waals surface area contributed by atoms with E-state index in [4.69, 9.17) is 10.2 Å². The number of aliphatic hydroxyl groups excluding tert-OH is 1. The van der Waals surface area contributed by atoms with E-state index in [0.717, 1.165) is 0 Å². The summed E-state index contributed by atoms with van der Waals surface area (Å²) in [5.74, 6) is -0.705. The molecule has 0 bridgehead atoms. The van der Waals surface area contributed by atoms with Crippen molar-refractivity contribution in [3.05, 3.63) is 0 Å². The molecule has 0 aliphatic rings. The van der Waals surface area contributed by atoms with Crippen molar-refractivity contribution >= 4 is 5.97 Å². The fraction of sp³-hybridized carbons (Fsp3) is 0.833. The Balaban J connectivity index is 3.26. The molecule has 0 saturated carbocycles. The van der Waals surface area contributed by atoms with Crippen LogP contribution < -0.4 is 0 Å². The Morgan fingerprint density at radius 3 is 2.56 bits per heavy atom. The van der Waals surface area contributed by atoms with Gasteiger partial charge in [0.25, 0.3) is 0 Å². The Hall–Kier alpha value is -0.570. The molecular weight excluding hydrogens is 120 g/mol. The van der Waals surface area contributed by atoms with Crippen LogP contribution in [0, 0.1) is 5.92 Å². The Labute approximate surface area is 54.3 Å². The first-order valence-electron chi connectivity index (χ1n) is 2.99. The van der Waals surface area contributed by atoms with Gasteiger partial charge in [-0.15, -0.1) is 0 Å². The third-order valence-corrected chi connectivity index (χ3v) is 1.14. The number of hydrogen-bond acceptors (Lipinski definition) is 2. The molecule has 3 heteroatoms. The molecule has 0 aromatic rings.